The molecule has 2 fully saturated rings. The van der Waals surface area contributed by atoms with Crippen molar-refractivity contribution in [2.75, 3.05) is 12.8 Å². The fraction of sp³-hybridized carbons (Fsp3) is 0.733. The van der Waals surface area contributed by atoms with Crippen molar-refractivity contribution in [3.05, 3.63) is 11.9 Å². The normalized spacial score (nSPS) is 29.5. The molecule has 2 aliphatic rings. The van der Waals surface area contributed by atoms with E-state index in [1.54, 1.807) is 0 Å². The first kappa shape index (κ1) is 14.9. The van der Waals surface area contributed by atoms with E-state index in [1.165, 1.54) is 31.0 Å². The molecule has 0 amide bonds. The zero-order valence-electron chi connectivity index (χ0n) is 12.7. The molecular formula is C15H23N3O2S. The Morgan fingerprint density at radius 3 is 2.67 bits per heavy atom. The molecule has 116 valence electrons. The quantitative estimate of drug-likeness (QED) is 0.866. The molecule has 3 heterocycles. The van der Waals surface area contributed by atoms with Gasteiger partial charge in [-0.05, 0) is 39.7 Å². The molecule has 2 atom stereocenters. The Kier molecular flexibility index (Phi) is 4.26. The van der Waals surface area contributed by atoms with E-state index in [-0.39, 0.29) is 5.75 Å². The Bertz CT molecular complexity index is 517. The molecule has 2 bridgehead atoms. The van der Waals surface area contributed by atoms with Gasteiger partial charge in [-0.25, -0.2) is 4.98 Å². The minimum absolute atomic E-state index is 0.0793. The summed E-state index contributed by atoms with van der Waals surface area (Å²) in [7, 11) is 2.26. The number of carbonyl (C=O) groups is 1. The number of fused-ring (bicyclic) bond motifs is 2. The van der Waals surface area contributed by atoms with Crippen LogP contribution in [0.1, 0.15) is 43.8 Å². The van der Waals surface area contributed by atoms with E-state index >= 15 is 0 Å². The fourth-order valence-electron chi connectivity index (χ4n) is 3.90. The second kappa shape index (κ2) is 6.01. The van der Waals surface area contributed by atoms with Crippen LogP contribution in [0.3, 0.4) is 0 Å². The Hall–Kier alpha value is -1.01. The highest BCUT2D eigenvalue weighted by atomic mass is 32.2. The summed E-state index contributed by atoms with van der Waals surface area (Å²) in [6.45, 7) is 2.08. The first-order valence-corrected chi connectivity index (χ1v) is 8.65. The monoisotopic (exact) mass is 309 g/mol. The number of carboxylic acid groups (broad SMARTS) is 1. The third kappa shape index (κ3) is 2.97. The molecule has 0 aromatic carbocycles. The maximum atomic E-state index is 10.8. The van der Waals surface area contributed by atoms with E-state index in [0.29, 0.717) is 18.1 Å². The molecule has 0 aliphatic carbocycles. The van der Waals surface area contributed by atoms with Crippen LogP contribution in [0, 0.1) is 6.92 Å². The van der Waals surface area contributed by atoms with Gasteiger partial charge in [0.2, 0.25) is 0 Å². The summed E-state index contributed by atoms with van der Waals surface area (Å²) in [4.78, 5) is 17.8. The number of imidazole rings is 1. The van der Waals surface area contributed by atoms with Gasteiger partial charge in [-0.1, -0.05) is 18.2 Å². The maximum absolute atomic E-state index is 10.8. The molecule has 0 radical (unpaired) electrons. The third-order valence-electron chi connectivity index (χ3n) is 4.95. The van der Waals surface area contributed by atoms with Gasteiger partial charge in [-0.3, -0.25) is 4.79 Å². The molecule has 3 rings (SSSR count). The van der Waals surface area contributed by atoms with Crippen LogP contribution in [-0.4, -0.2) is 50.4 Å². The Morgan fingerprint density at radius 2 is 2.05 bits per heavy atom. The number of hydrogen-bond donors (Lipinski definition) is 1. The molecule has 21 heavy (non-hydrogen) atoms. The predicted molar refractivity (Wildman–Crippen MR) is 82.8 cm³/mol. The lowest BCUT2D eigenvalue weighted by atomic mass is 9.82. The summed E-state index contributed by atoms with van der Waals surface area (Å²) in [5, 5.41) is 9.75. The number of hydrogen-bond acceptors (Lipinski definition) is 4. The van der Waals surface area contributed by atoms with E-state index in [4.69, 9.17) is 5.11 Å². The van der Waals surface area contributed by atoms with Crippen LogP contribution < -0.4 is 0 Å². The molecule has 6 heteroatoms. The van der Waals surface area contributed by atoms with Crippen molar-refractivity contribution in [1.82, 2.24) is 14.5 Å². The topological polar surface area (TPSA) is 58.4 Å². The van der Waals surface area contributed by atoms with E-state index in [0.717, 1.165) is 23.7 Å². The summed E-state index contributed by atoms with van der Waals surface area (Å²) in [5.41, 5.74) is 1.15. The summed E-state index contributed by atoms with van der Waals surface area (Å²) in [6, 6.07) is 1.80. The van der Waals surface area contributed by atoms with Gasteiger partial charge in [-0.2, -0.15) is 0 Å². The van der Waals surface area contributed by atoms with Crippen molar-refractivity contribution < 1.29 is 9.90 Å². The highest BCUT2D eigenvalue weighted by Gasteiger charge is 2.37. The van der Waals surface area contributed by atoms with Gasteiger partial charge < -0.3 is 14.6 Å². The number of aryl methyl sites for hydroxylation is 1. The van der Waals surface area contributed by atoms with Crippen LogP contribution >= 0.6 is 11.8 Å². The number of piperidine rings is 2. The minimum Gasteiger partial charge on any atom is -0.481 e. The minimum atomic E-state index is -0.785. The van der Waals surface area contributed by atoms with Gasteiger partial charge in [0, 0.05) is 30.0 Å². The van der Waals surface area contributed by atoms with E-state index in [9.17, 15) is 4.79 Å². The average Bonchev–Trinajstić information content (AvgIpc) is 2.77. The van der Waals surface area contributed by atoms with Crippen LogP contribution in [0.15, 0.2) is 11.4 Å². The predicted octanol–water partition coefficient (Wildman–Crippen LogP) is 2.56. The van der Waals surface area contributed by atoms with E-state index < -0.39 is 5.97 Å². The molecule has 5 nitrogen and oxygen atoms in total. The van der Waals surface area contributed by atoms with Crippen molar-refractivity contribution >= 4 is 17.7 Å². The lowest BCUT2D eigenvalue weighted by Gasteiger charge is -2.47. The van der Waals surface area contributed by atoms with Gasteiger partial charge in [0.05, 0.1) is 5.75 Å². The van der Waals surface area contributed by atoms with Crippen LogP contribution in [0.25, 0.3) is 0 Å². The summed E-state index contributed by atoms with van der Waals surface area (Å²) in [5.74, 6) is -0.705. The number of rotatable bonds is 4. The zero-order chi connectivity index (χ0) is 15.0. The number of aromatic nitrogens is 2. The van der Waals surface area contributed by atoms with Crippen molar-refractivity contribution in [3.8, 4) is 0 Å². The van der Waals surface area contributed by atoms with Gasteiger partial charge >= 0.3 is 5.97 Å². The summed E-state index contributed by atoms with van der Waals surface area (Å²) < 4.78 is 2.28. The Balaban J connectivity index is 1.80. The van der Waals surface area contributed by atoms with Crippen molar-refractivity contribution in [2.45, 2.75) is 62.3 Å². The summed E-state index contributed by atoms with van der Waals surface area (Å²) in [6.07, 6.45) is 8.10. The first-order chi connectivity index (χ1) is 10.1. The Labute approximate surface area is 129 Å². The molecule has 2 aliphatic heterocycles. The average molecular weight is 309 g/mol. The lowest BCUT2D eigenvalue weighted by Crippen LogP contribution is -2.50. The SMILES string of the molecule is Cc1cnc(SCC(=O)O)n1C1CC2CCCC(C1)N2C. The molecule has 0 saturated carbocycles. The van der Waals surface area contributed by atoms with Gasteiger partial charge in [0.15, 0.2) is 5.16 Å². The second-order valence-corrected chi connectivity index (χ2v) is 7.21. The van der Waals surface area contributed by atoms with Crippen LogP contribution in [0.2, 0.25) is 0 Å². The van der Waals surface area contributed by atoms with Gasteiger partial charge in [-0.15, -0.1) is 0 Å². The third-order valence-corrected chi connectivity index (χ3v) is 5.90. The number of thioether (sulfide) groups is 1. The van der Waals surface area contributed by atoms with Crippen molar-refractivity contribution in [3.63, 3.8) is 0 Å². The van der Waals surface area contributed by atoms with E-state index in [1.807, 2.05) is 6.20 Å². The largest absolute Gasteiger partial charge is 0.481 e. The highest BCUT2D eigenvalue weighted by Crippen LogP contribution is 2.40. The molecule has 1 aromatic rings. The zero-order valence-corrected chi connectivity index (χ0v) is 13.5. The van der Waals surface area contributed by atoms with Crippen LogP contribution in [0.4, 0.5) is 0 Å². The molecule has 2 saturated heterocycles. The molecule has 0 spiro atoms. The van der Waals surface area contributed by atoms with Crippen molar-refractivity contribution in [1.29, 1.82) is 0 Å². The smallest absolute Gasteiger partial charge is 0.313 e. The maximum Gasteiger partial charge on any atom is 0.313 e. The number of nitrogens with zero attached hydrogens (tertiary/aromatic N) is 3. The number of carboxylic acids is 1. The summed E-state index contributed by atoms with van der Waals surface area (Å²) >= 11 is 1.34. The van der Waals surface area contributed by atoms with Crippen LogP contribution in [-0.2, 0) is 4.79 Å². The molecule has 2 unspecified atom stereocenters. The van der Waals surface area contributed by atoms with Crippen molar-refractivity contribution in [2.24, 2.45) is 0 Å². The first-order valence-electron chi connectivity index (χ1n) is 7.66. The molecule has 1 aromatic heterocycles. The Morgan fingerprint density at radius 1 is 1.38 bits per heavy atom. The standard InChI is InChI=1S/C15H23N3O2S/c1-10-8-16-15(21-9-14(19)20)18(10)13-6-11-4-3-5-12(7-13)17(11)2/h8,11-13H,3-7,9H2,1-2H3,(H,19,20). The fourth-order valence-corrected chi connectivity index (χ4v) is 4.71. The highest BCUT2D eigenvalue weighted by molar-refractivity contribution is 7.99. The number of aliphatic carboxylic acids is 1. The van der Waals surface area contributed by atoms with Gasteiger partial charge in [0.1, 0.15) is 0 Å². The van der Waals surface area contributed by atoms with Crippen LogP contribution in [0.5, 0.6) is 0 Å². The molecule has 1 N–H and O–H groups in total. The van der Waals surface area contributed by atoms with E-state index in [2.05, 4.69) is 28.4 Å². The lowest BCUT2D eigenvalue weighted by molar-refractivity contribution is -0.133. The second-order valence-electron chi connectivity index (χ2n) is 6.26. The molecular weight excluding hydrogens is 286 g/mol. The van der Waals surface area contributed by atoms with Gasteiger partial charge in [0.25, 0.3) is 0 Å².